The predicted octanol–water partition coefficient (Wildman–Crippen LogP) is 3.49. The molecule has 0 aromatic heterocycles. The van der Waals surface area contributed by atoms with Gasteiger partial charge in [-0.15, -0.1) is 0 Å². The minimum atomic E-state index is 0.751. The lowest BCUT2D eigenvalue weighted by Crippen LogP contribution is -2.30. The fraction of sp³-hybridized carbons (Fsp3) is 0.294. The van der Waals surface area contributed by atoms with Crippen LogP contribution >= 0.6 is 11.6 Å². The van der Waals surface area contributed by atoms with Gasteiger partial charge in [0.05, 0.1) is 7.11 Å². The maximum atomic E-state index is 6.33. The number of ether oxygens (including phenoxy) is 1. The molecule has 0 saturated heterocycles. The van der Waals surface area contributed by atoms with Crippen molar-refractivity contribution in [3.8, 4) is 5.75 Å². The third-order valence-electron chi connectivity index (χ3n) is 4.07. The summed E-state index contributed by atoms with van der Waals surface area (Å²) in [5, 5.41) is 0.751. The van der Waals surface area contributed by atoms with E-state index >= 15 is 0 Å². The van der Waals surface area contributed by atoms with E-state index in [-0.39, 0.29) is 0 Å². The Kier molecular flexibility index (Phi) is 4.04. The Labute approximate surface area is 130 Å². The van der Waals surface area contributed by atoms with Crippen LogP contribution in [0.4, 0.5) is 5.69 Å². The van der Waals surface area contributed by atoms with E-state index in [9.17, 15) is 0 Å². The normalized spacial score (nSPS) is 14.8. The van der Waals surface area contributed by atoms with Gasteiger partial charge < -0.3 is 10.5 Å². The van der Waals surface area contributed by atoms with Crippen LogP contribution in [-0.4, -0.2) is 18.6 Å². The first-order valence-corrected chi connectivity index (χ1v) is 7.47. The minimum Gasteiger partial charge on any atom is -0.496 e. The first kappa shape index (κ1) is 14.2. The molecule has 2 aromatic rings. The molecule has 0 fully saturated rings. The quantitative estimate of drug-likeness (QED) is 0.882. The Bertz CT molecular complexity index is 657. The summed E-state index contributed by atoms with van der Waals surface area (Å²) >= 11 is 6.33. The van der Waals surface area contributed by atoms with E-state index in [4.69, 9.17) is 22.1 Å². The van der Waals surface area contributed by atoms with Gasteiger partial charge in [0.25, 0.3) is 0 Å². The van der Waals surface area contributed by atoms with E-state index in [1.165, 1.54) is 11.1 Å². The zero-order valence-corrected chi connectivity index (χ0v) is 12.9. The van der Waals surface area contributed by atoms with Crippen molar-refractivity contribution in [3.63, 3.8) is 0 Å². The zero-order valence-electron chi connectivity index (χ0n) is 12.1. The van der Waals surface area contributed by atoms with Crippen molar-refractivity contribution in [2.75, 3.05) is 19.4 Å². The van der Waals surface area contributed by atoms with Crippen molar-refractivity contribution in [1.29, 1.82) is 0 Å². The van der Waals surface area contributed by atoms with Crippen LogP contribution in [-0.2, 0) is 19.5 Å². The van der Waals surface area contributed by atoms with Gasteiger partial charge in [-0.1, -0.05) is 29.8 Å². The number of nitrogens with zero attached hydrogens (tertiary/aromatic N) is 1. The Hall–Kier alpha value is -1.71. The van der Waals surface area contributed by atoms with Gasteiger partial charge in [-0.2, -0.15) is 0 Å². The third kappa shape index (κ3) is 2.85. The minimum absolute atomic E-state index is 0.751. The molecular formula is C17H19ClN2O. The fourth-order valence-corrected chi connectivity index (χ4v) is 3.13. The predicted molar refractivity (Wildman–Crippen MR) is 86.7 cm³/mol. The van der Waals surface area contributed by atoms with Crippen LogP contribution in [0, 0.1) is 0 Å². The molecule has 21 heavy (non-hydrogen) atoms. The molecule has 0 radical (unpaired) electrons. The molecule has 2 aromatic carbocycles. The number of hydrogen-bond donors (Lipinski definition) is 1. The second kappa shape index (κ2) is 5.96. The standard InChI is InChI=1S/C17H19ClN2O/c1-21-17-7-3-5-15(18)14(17)11-20-9-8-12-4-2-6-16(19)13(12)10-20/h2-7H,8-11,19H2,1H3. The lowest BCUT2D eigenvalue weighted by molar-refractivity contribution is 0.242. The average Bonchev–Trinajstić information content (AvgIpc) is 2.50. The van der Waals surface area contributed by atoms with Crippen molar-refractivity contribution < 1.29 is 4.74 Å². The smallest absolute Gasteiger partial charge is 0.124 e. The summed E-state index contributed by atoms with van der Waals surface area (Å²) in [6.07, 6.45) is 1.02. The molecule has 3 nitrogen and oxygen atoms in total. The van der Waals surface area contributed by atoms with Crippen molar-refractivity contribution in [3.05, 3.63) is 58.1 Å². The summed E-state index contributed by atoms with van der Waals surface area (Å²) in [4.78, 5) is 2.36. The number of benzene rings is 2. The number of fused-ring (bicyclic) bond motifs is 1. The lowest BCUT2D eigenvalue weighted by Gasteiger charge is -2.30. The average molecular weight is 303 g/mol. The highest BCUT2D eigenvalue weighted by atomic mass is 35.5. The lowest BCUT2D eigenvalue weighted by atomic mass is 9.97. The molecule has 0 atom stereocenters. The molecule has 3 rings (SSSR count). The third-order valence-corrected chi connectivity index (χ3v) is 4.42. The number of hydrogen-bond acceptors (Lipinski definition) is 3. The Balaban J connectivity index is 1.83. The number of rotatable bonds is 3. The summed E-state index contributed by atoms with van der Waals surface area (Å²) in [7, 11) is 1.68. The van der Waals surface area contributed by atoms with E-state index in [1.54, 1.807) is 7.11 Å². The van der Waals surface area contributed by atoms with E-state index in [1.807, 2.05) is 30.3 Å². The summed E-state index contributed by atoms with van der Waals surface area (Å²) in [5.74, 6) is 0.842. The molecule has 0 amide bonds. The molecule has 4 heteroatoms. The molecule has 0 saturated carbocycles. The van der Waals surface area contributed by atoms with Crippen LogP contribution in [0.1, 0.15) is 16.7 Å². The zero-order chi connectivity index (χ0) is 14.8. The topological polar surface area (TPSA) is 38.5 Å². The SMILES string of the molecule is COc1cccc(Cl)c1CN1CCc2cccc(N)c2C1. The summed E-state index contributed by atoms with van der Waals surface area (Å²) in [6.45, 7) is 2.64. The first-order chi connectivity index (χ1) is 10.2. The van der Waals surface area contributed by atoms with Crippen molar-refractivity contribution in [2.45, 2.75) is 19.5 Å². The van der Waals surface area contributed by atoms with Crippen LogP contribution in [0.15, 0.2) is 36.4 Å². The van der Waals surface area contributed by atoms with Crippen LogP contribution in [0.3, 0.4) is 0 Å². The van der Waals surface area contributed by atoms with Crippen LogP contribution < -0.4 is 10.5 Å². The van der Waals surface area contributed by atoms with Crippen molar-refractivity contribution >= 4 is 17.3 Å². The molecule has 0 bridgehead atoms. The molecule has 110 valence electrons. The molecule has 2 N–H and O–H groups in total. The van der Waals surface area contributed by atoms with Gasteiger partial charge in [-0.05, 0) is 35.7 Å². The highest BCUT2D eigenvalue weighted by Gasteiger charge is 2.20. The van der Waals surface area contributed by atoms with Gasteiger partial charge in [-0.3, -0.25) is 4.90 Å². The van der Waals surface area contributed by atoms with Gasteiger partial charge in [0.1, 0.15) is 5.75 Å². The molecule has 0 aliphatic carbocycles. The Morgan fingerprint density at radius 3 is 2.86 bits per heavy atom. The highest BCUT2D eigenvalue weighted by Crippen LogP contribution is 2.30. The van der Waals surface area contributed by atoms with E-state index in [0.717, 1.165) is 48.1 Å². The number of nitrogens with two attached hydrogens (primary N) is 1. The number of anilines is 1. The summed E-state index contributed by atoms with van der Waals surface area (Å²) < 4.78 is 5.43. The first-order valence-electron chi connectivity index (χ1n) is 7.09. The number of methoxy groups -OCH3 is 1. The van der Waals surface area contributed by atoms with Crippen LogP contribution in [0.25, 0.3) is 0 Å². The van der Waals surface area contributed by atoms with Crippen molar-refractivity contribution in [1.82, 2.24) is 4.90 Å². The van der Waals surface area contributed by atoms with E-state index < -0.39 is 0 Å². The fourth-order valence-electron chi connectivity index (χ4n) is 2.90. The number of halogens is 1. The second-order valence-corrected chi connectivity index (χ2v) is 5.77. The largest absolute Gasteiger partial charge is 0.496 e. The Morgan fingerprint density at radius 1 is 1.24 bits per heavy atom. The maximum Gasteiger partial charge on any atom is 0.124 e. The van der Waals surface area contributed by atoms with Crippen LogP contribution in [0.2, 0.25) is 5.02 Å². The van der Waals surface area contributed by atoms with E-state index in [2.05, 4.69) is 11.0 Å². The molecule has 1 aliphatic heterocycles. The molecule has 1 aliphatic rings. The monoisotopic (exact) mass is 302 g/mol. The van der Waals surface area contributed by atoms with Gasteiger partial charge >= 0.3 is 0 Å². The number of nitrogen functional groups attached to an aromatic ring is 1. The molecule has 1 heterocycles. The van der Waals surface area contributed by atoms with Gasteiger partial charge in [0, 0.05) is 35.9 Å². The summed E-state index contributed by atoms with van der Waals surface area (Å²) in [5.41, 5.74) is 10.6. The molecule has 0 unspecified atom stereocenters. The summed E-state index contributed by atoms with van der Waals surface area (Å²) in [6, 6.07) is 11.9. The molecule has 0 spiro atoms. The van der Waals surface area contributed by atoms with Gasteiger partial charge in [-0.25, -0.2) is 0 Å². The van der Waals surface area contributed by atoms with Gasteiger partial charge in [0.15, 0.2) is 0 Å². The Morgan fingerprint density at radius 2 is 2.05 bits per heavy atom. The second-order valence-electron chi connectivity index (χ2n) is 5.37. The van der Waals surface area contributed by atoms with Crippen molar-refractivity contribution in [2.24, 2.45) is 0 Å². The van der Waals surface area contributed by atoms with Gasteiger partial charge in [0.2, 0.25) is 0 Å². The highest BCUT2D eigenvalue weighted by molar-refractivity contribution is 6.31. The maximum absolute atomic E-state index is 6.33. The van der Waals surface area contributed by atoms with E-state index in [0.29, 0.717) is 0 Å². The molecular weight excluding hydrogens is 284 g/mol. The van der Waals surface area contributed by atoms with Crippen LogP contribution in [0.5, 0.6) is 5.75 Å².